The predicted molar refractivity (Wildman–Crippen MR) is 50.2 cm³/mol. The minimum Gasteiger partial charge on any atom is -0.258 e. The van der Waals surface area contributed by atoms with Gasteiger partial charge in [0.05, 0.1) is 0 Å². The largest absolute Gasteiger partial charge is 0.258 e. The van der Waals surface area contributed by atoms with Gasteiger partial charge in [-0.3, -0.25) is 4.98 Å². The van der Waals surface area contributed by atoms with Crippen LogP contribution in [0.3, 0.4) is 0 Å². The SMILES string of the molecule is CSc1cc(C)nc(C)c1C. The van der Waals surface area contributed by atoms with Crippen molar-refractivity contribution in [3.05, 3.63) is 23.0 Å². The normalized spacial score (nSPS) is 10.2. The van der Waals surface area contributed by atoms with Crippen molar-refractivity contribution in [3.63, 3.8) is 0 Å². The van der Waals surface area contributed by atoms with E-state index in [1.807, 2.05) is 6.92 Å². The molecule has 0 spiro atoms. The zero-order valence-corrected chi connectivity index (χ0v) is 8.25. The Hall–Kier alpha value is -0.500. The van der Waals surface area contributed by atoms with Crippen LogP contribution in [-0.2, 0) is 0 Å². The third-order valence-corrected chi connectivity index (χ3v) is 2.68. The molecule has 0 bridgehead atoms. The maximum absolute atomic E-state index is 4.37. The number of nitrogens with zero attached hydrogens (tertiary/aromatic N) is 1. The van der Waals surface area contributed by atoms with Crippen molar-refractivity contribution in [3.8, 4) is 0 Å². The lowest BCUT2D eigenvalue weighted by atomic mass is 10.2. The van der Waals surface area contributed by atoms with Gasteiger partial charge < -0.3 is 0 Å². The molecule has 1 nitrogen and oxygen atoms in total. The van der Waals surface area contributed by atoms with Crippen molar-refractivity contribution in [2.45, 2.75) is 25.7 Å². The van der Waals surface area contributed by atoms with Gasteiger partial charge >= 0.3 is 0 Å². The van der Waals surface area contributed by atoms with E-state index < -0.39 is 0 Å². The summed E-state index contributed by atoms with van der Waals surface area (Å²) in [5.74, 6) is 0. The lowest BCUT2D eigenvalue weighted by Crippen LogP contribution is -1.92. The van der Waals surface area contributed by atoms with Crippen molar-refractivity contribution >= 4 is 11.8 Å². The van der Waals surface area contributed by atoms with E-state index in [1.165, 1.54) is 10.5 Å². The summed E-state index contributed by atoms with van der Waals surface area (Å²) >= 11 is 1.78. The average molecular weight is 167 g/mol. The Balaban J connectivity index is 3.24. The molecule has 2 heteroatoms. The lowest BCUT2D eigenvalue weighted by Gasteiger charge is -2.05. The fraction of sp³-hybridized carbons (Fsp3) is 0.444. The summed E-state index contributed by atoms with van der Waals surface area (Å²) in [6.07, 6.45) is 2.10. The van der Waals surface area contributed by atoms with Gasteiger partial charge in [-0.2, -0.15) is 0 Å². The van der Waals surface area contributed by atoms with Gasteiger partial charge in [0.25, 0.3) is 0 Å². The Bertz CT molecular complexity index is 269. The highest BCUT2D eigenvalue weighted by molar-refractivity contribution is 7.98. The molecule has 60 valence electrons. The maximum atomic E-state index is 4.37. The maximum Gasteiger partial charge on any atom is 0.0416 e. The molecule has 0 saturated heterocycles. The first kappa shape index (κ1) is 8.60. The lowest BCUT2D eigenvalue weighted by molar-refractivity contribution is 1.04. The van der Waals surface area contributed by atoms with Crippen LogP contribution in [0.5, 0.6) is 0 Å². The number of rotatable bonds is 1. The molecule has 1 aromatic heterocycles. The standard InChI is InChI=1S/C9H13NS/c1-6-5-9(11-4)7(2)8(3)10-6/h5H,1-4H3. The zero-order chi connectivity index (χ0) is 8.43. The van der Waals surface area contributed by atoms with E-state index in [0.717, 1.165) is 11.4 Å². The Kier molecular flexibility index (Phi) is 2.55. The van der Waals surface area contributed by atoms with E-state index in [1.54, 1.807) is 11.8 Å². The van der Waals surface area contributed by atoms with Crippen molar-refractivity contribution in [2.75, 3.05) is 6.26 Å². The smallest absolute Gasteiger partial charge is 0.0416 e. The molecule has 0 aromatic carbocycles. The van der Waals surface area contributed by atoms with E-state index in [2.05, 4.69) is 31.2 Å². The van der Waals surface area contributed by atoms with Crippen molar-refractivity contribution in [2.24, 2.45) is 0 Å². The first-order valence-corrected chi connectivity index (χ1v) is 4.86. The molecule has 0 aliphatic rings. The molecule has 0 saturated carbocycles. The van der Waals surface area contributed by atoms with Crippen LogP contribution < -0.4 is 0 Å². The van der Waals surface area contributed by atoms with E-state index >= 15 is 0 Å². The Morgan fingerprint density at radius 3 is 2.45 bits per heavy atom. The van der Waals surface area contributed by atoms with Crippen LogP contribution in [0.1, 0.15) is 17.0 Å². The molecule has 1 aromatic rings. The van der Waals surface area contributed by atoms with E-state index in [4.69, 9.17) is 0 Å². The Morgan fingerprint density at radius 2 is 1.91 bits per heavy atom. The second-order valence-corrected chi connectivity index (χ2v) is 3.52. The molecule has 0 aliphatic heterocycles. The minimum absolute atomic E-state index is 1.11. The summed E-state index contributed by atoms with van der Waals surface area (Å²) in [6, 6.07) is 2.13. The van der Waals surface area contributed by atoms with Crippen LogP contribution in [0.2, 0.25) is 0 Å². The molecule has 0 amide bonds. The average Bonchev–Trinajstić information content (AvgIpc) is 1.96. The van der Waals surface area contributed by atoms with Gasteiger partial charge in [-0.15, -0.1) is 11.8 Å². The summed E-state index contributed by atoms with van der Waals surface area (Å²) in [5.41, 5.74) is 3.56. The third-order valence-electron chi connectivity index (χ3n) is 1.82. The van der Waals surface area contributed by atoms with Crippen molar-refractivity contribution < 1.29 is 0 Å². The molecule has 0 aliphatic carbocycles. The second kappa shape index (κ2) is 3.26. The molecule has 0 radical (unpaired) electrons. The highest BCUT2D eigenvalue weighted by Crippen LogP contribution is 2.21. The van der Waals surface area contributed by atoms with E-state index in [0.29, 0.717) is 0 Å². The van der Waals surface area contributed by atoms with Crippen LogP contribution in [0, 0.1) is 20.8 Å². The van der Waals surface area contributed by atoms with Gasteiger partial charge in [-0.1, -0.05) is 0 Å². The molecule has 1 heterocycles. The van der Waals surface area contributed by atoms with Gasteiger partial charge in [0, 0.05) is 16.3 Å². The molecule has 0 unspecified atom stereocenters. The van der Waals surface area contributed by atoms with Crippen molar-refractivity contribution in [1.29, 1.82) is 0 Å². The van der Waals surface area contributed by atoms with Gasteiger partial charge in [0.2, 0.25) is 0 Å². The predicted octanol–water partition coefficient (Wildman–Crippen LogP) is 2.73. The van der Waals surface area contributed by atoms with Gasteiger partial charge in [-0.25, -0.2) is 0 Å². The van der Waals surface area contributed by atoms with E-state index in [9.17, 15) is 0 Å². The summed E-state index contributed by atoms with van der Waals surface area (Å²) < 4.78 is 0. The number of aromatic nitrogens is 1. The number of pyridine rings is 1. The highest BCUT2D eigenvalue weighted by atomic mass is 32.2. The van der Waals surface area contributed by atoms with Crippen LogP contribution >= 0.6 is 11.8 Å². The molecule has 11 heavy (non-hydrogen) atoms. The highest BCUT2D eigenvalue weighted by Gasteiger charge is 2.01. The fourth-order valence-corrected chi connectivity index (χ4v) is 1.81. The molecule has 1 rings (SSSR count). The molecule has 0 atom stereocenters. The van der Waals surface area contributed by atoms with Crippen LogP contribution in [0.25, 0.3) is 0 Å². The first-order valence-electron chi connectivity index (χ1n) is 3.64. The quantitative estimate of drug-likeness (QED) is 0.596. The zero-order valence-electron chi connectivity index (χ0n) is 7.43. The Labute approximate surface area is 72.2 Å². The van der Waals surface area contributed by atoms with Crippen LogP contribution in [0.15, 0.2) is 11.0 Å². The van der Waals surface area contributed by atoms with Gasteiger partial charge in [0.15, 0.2) is 0 Å². The van der Waals surface area contributed by atoms with Gasteiger partial charge in [0.1, 0.15) is 0 Å². The summed E-state index contributed by atoms with van der Waals surface area (Å²) in [6.45, 7) is 6.21. The first-order chi connectivity index (χ1) is 5.15. The number of thioether (sulfide) groups is 1. The fourth-order valence-electron chi connectivity index (χ4n) is 1.07. The van der Waals surface area contributed by atoms with E-state index in [-0.39, 0.29) is 0 Å². The Morgan fingerprint density at radius 1 is 1.27 bits per heavy atom. The summed E-state index contributed by atoms with van der Waals surface area (Å²) in [5, 5.41) is 0. The minimum atomic E-state index is 1.11. The molecular formula is C9H13NS. The number of hydrogen-bond acceptors (Lipinski definition) is 2. The number of aryl methyl sites for hydroxylation is 2. The van der Waals surface area contributed by atoms with Crippen LogP contribution in [0.4, 0.5) is 0 Å². The van der Waals surface area contributed by atoms with Crippen molar-refractivity contribution in [1.82, 2.24) is 4.98 Å². The second-order valence-electron chi connectivity index (χ2n) is 2.68. The third kappa shape index (κ3) is 1.74. The summed E-state index contributed by atoms with van der Waals surface area (Å²) in [7, 11) is 0. The van der Waals surface area contributed by atoms with Crippen LogP contribution in [-0.4, -0.2) is 11.2 Å². The molecule has 0 fully saturated rings. The van der Waals surface area contributed by atoms with Gasteiger partial charge in [-0.05, 0) is 38.7 Å². The monoisotopic (exact) mass is 167 g/mol. The molecular weight excluding hydrogens is 154 g/mol. The topological polar surface area (TPSA) is 12.9 Å². The number of hydrogen-bond donors (Lipinski definition) is 0. The molecule has 0 N–H and O–H groups in total. The summed E-state index contributed by atoms with van der Waals surface area (Å²) in [4.78, 5) is 5.71.